The molecule has 4 nitrogen and oxygen atoms in total. The summed E-state index contributed by atoms with van der Waals surface area (Å²) in [5, 5.41) is 13.4. The maximum Gasteiger partial charge on any atom is 0.251 e. The summed E-state index contributed by atoms with van der Waals surface area (Å²) in [5.74, 6) is 1.86. The fourth-order valence-electron chi connectivity index (χ4n) is 3.28. The number of rotatable bonds is 5. The lowest BCUT2D eigenvalue weighted by molar-refractivity contribution is 0.0311. The van der Waals surface area contributed by atoms with Crippen LogP contribution >= 0.6 is 11.8 Å². The Morgan fingerprint density at radius 1 is 1.26 bits per heavy atom. The smallest absolute Gasteiger partial charge is 0.251 e. The van der Waals surface area contributed by atoms with E-state index in [0.29, 0.717) is 12.1 Å². The Hall–Kier alpha value is -1.04. The number of amides is 1. The van der Waals surface area contributed by atoms with Gasteiger partial charge in [-0.15, -0.1) is 0 Å². The number of hydrogen-bond acceptors (Lipinski definition) is 4. The van der Waals surface area contributed by atoms with E-state index < -0.39 is 5.60 Å². The molecule has 1 amide bonds. The van der Waals surface area contributed by atoms with Gasteiger partial charge in [-0.3, -0.25) is 9.69 Å². The van der Waals surface area contributed by atoms with Crippen molar-refractivity contribution in [3.8, 4) is 0 Å². The zero-order valence-electron chi connectivity index (χ0n) is 13.6. The lowest BCUT2D eigenvalue weighted by atomic mass is 9.96. The Morgan fingerprint density at radius 3 is 2.74 bits per heavy atom. The molecule has 0 saturated carbocycles. The van der Waals surface area contributed by atoms with Gasteiger partial charge in [0.15, 0.2) is 0 Å². The van der Waals surface area contributed by atoms with Gasteiger partial charge in [0.25, 0.3) is 5.91 Å². The molecular weight excluding hydrogens is 308 g/mol. The lowest BCUT2D eigenvalue weighted by Crippen LogP contribution is -2.45. The topological polar surface area (TPSA) is 52.6 Å². The van der Waals surface area contributed by atoms with E-state index in [1.807, 2.05) is 30.0 Å². The van der Waals surface area contributed by atoms with E-state index in [1.54, 1.807) is 0 Å². The first-order valence-corrected chi connectivity index (χ1v) is 9.70. The molecule has 0 spiro atoms. The van der Waals surface area contributed by atoms with E-state index in [2.05, 4.69) is 16.3 Å². The van der Waals surface area contributed by atoms with E-state index >= 15 is 0 Å². The minimum Gasteiger partial charge on any atom is -0.388 e. The van der Waals surface area contributed by atoms with Crippen molar-refractivity contribution in [1.82, 2.24) is 10.2 Å². The first-order chi connectivity index (χ1) is 11.1. The Balaban J connectivity index is 1.56. The zero-order chi connectivity index (χ0) is 16.1. The van der Waals surface area contributed by atoms with Crippen LogP contribution in [0.4, 0.5) is 0 Å². The number of aliphatic hydroxyl groups is 1. The van der Waals surface area contributed by atoms with Gasteiger partial charge in [-0.2, -0.15) is 11.8 Å². The second-order valence-corrected chi connectivity index (χ2v) is 7.93. The van der Waals surface area contributed by atoms with Gasteiger partial charge >= 0.3 is 0 Å². The van der Waals surface area contributed by atoms with Crippen LogP contribution < -0.4 is 5.32 Å². The zero-order valence-corrected chi connectivity index (χ0v) is 14.4. The van der Waals surface area contributed by atoms with Crippen LogP contribution in [0.1, 0.15) is 41.6 Å². The molecule has 2 aliphatic rings. The third-order valence-electron chi connectivity index (χ3n) is 4.80. The van der Waals surface area contributed by atoms with Crippen LogP contribution in [-0.4, -0.2) is 52.7 Å². The molecule has 2 fully saturated rings. The highest BCUT2D eigenvalue weighted by molar-refractivity contribution is 7.99. The van der Waals surface area contributed by atoms with E-state index in [0.717, 1.165) is 44.0 Å². The number of nitrogens with zero attached hydrogens (tertiary/aromatic N) is 1. The molecule has 2 saturated heterocycles. The van der Waals surface area contributed by atoms with Crippen LogP contribution in [0.3, 0.4) is 0 Å². The van der Waals surface area contributed by atoms with Gasteiger partial charge in [-0.1, -0.05) is 12.1 Å². The van der Waals surface area contributed by atoms with Crippen molar-refractivity contribution in [2.24, 2.45) is 0 Å². The van der Waals surface area contributed by atoms with Crippen molar-refractivity contribution < 1.29 is 9.90 Å². The molecule has 5 heteroatoms. The molecule has 1 aromatic rings. The summed E-state index contributed by atoms with van der Waals surface area (Å²) in [6.07, 6.45) is 4.06. The third-order valence-corrected chi connectivity index (χ3v) is 5.78. The molecule has 2 heterocycles. The summed E-state index contributed by atoms with van der Waals surface area (Å²) in [6, 6.07) is 7.87. The first-order valence-electron chi connectivity index (χ1n) is 8.54. The standard InChI is InChI=1S/C18H26N2O2S/c21-17(19-14-18(22)6-10-23-11-7-18)16-5-3-4-15(12-16)13-20-8-1-2-9-20/h3-5,12,22H,1-2,6-11,13-14H2,(H,19,21). The number of benzene rings is 1. The molecule has 0 unspecified atom stereocenters. The van der Waals surface area contributed by atoms with Gasteiger partial charge in [-0.25, -0.2) is 0 Å². The Labute approximate surface area is 142 Å². The summed E-state index contributed by atoms with van der Waals surface area (Å²) in [7, 11) is 0. The summed E-state index contributed by atoms with van der Waals surface area (Å²) in [6.45, 7) is 3.58. The first kappa shape index (κ1) is 16.8. The van der Waals surface area contributed by atoms with Crippen molar-refractivity contribution in [3.63, 3.8) is 0 Å². The van der Waals surface area contributed by atoms with Crippen LogP contribution in [0, 0.1) is 0 Å². The van der Waals surface area contributed by atoms with Crippen LogP contribution in [-0.2, 0) is 6.54 Å². The Bertz CT molecular complexity index is 538. The second kappa shape index (κ2) is 7.69. The average Bonchev–Trinajstić information content (AvgIpc) is 3.07. The summed E-state index contributed by atoms with van der Waals surface area (Å²) in [4.78, 5) is 14.8. The normalized spacial score (nSPS) is 21.3. The fourth-order valence-corrected chi connectivity index (χ4v) is 4.54. The minimum atomic E-state index is -0.728. The highest BCUT2D eigenvalue weighted by Crippen LogP contribution is 2.26. The van der Waals surface area contributed by atoms with Gasteiger partial charge in [0.2, 0.25) is 0 Å². The van der Waals surface area contributed by atoms with Crippen LogP contribution in [0.2, 0.25) is 0 Å². The fraction of sp³-hybridized carbons (Fsp3) is 0.611. The average molecular weight is 334 g/mol. The quantitative estimate of drug-likeness (QED) is 0.867. The van der Waals surface area contributed by atoms with E-state index in [-0.39, 0.29) is 5.91 Å². The minimum absolute atomic E-state index is 0.0834. The summed E-state index contributed by atoms with van der Waals surface area (Å²) in [5.41, 5.74) is 1.15. The molecule has 3 rings (SSSR count). The molecule has 2 aliphatic heterocycles. The molecule has 0 aliphatic carbocycles. The number of carbonyl (C=O) groups excluding carboxylic acids is 1. The molecule has 0 radical (unpaired) electrons. The van der Waals surface area contributed by atoms with Gasteiger partial charge in [-0.05, 0) is 68.0 Å². The van der Waals surface area contributed by atoms with Gasteiger partial charge in [0.05, 0.1) is 5.60 Å². The van der Waals surface area contributed by atoms with Gasteiger partial charge in [0, 0.05) is 18.7 Å². The van der Waals surface area contributed by atoms with Crippen molar-refractivity contribution in [2.45, 2.75) is 37.8 Å². The van der Waals surface area contributed by atoms with Crippen molar-refractivity contribution >= 4 is 17.7 Å². The SMILES string of the molecule is O=C(NCC1(O)CCSCC1)c1cccc(CN2CCCC2)c1. The maximum absolute atomic E-state index is 12.4. The highest BCUT2D eigenvalue weighted by atomic mass is 32.2. The number of carbonyl (C=O) groups is 1. The lowest BCUT2D eigenvalue weighted by Gasteiger charge is -2.31. The summed E-state index contributed by atoms with van der Waals surface area (Å²) < 4.78 is 0. The van der Waals surface area contributed by atoms with Crippen molar-refractivity contribution in [1.29, 1.82) is 0 Å². The van der Waals surface area contributed by atoms with Crippen LogP contribution in [0.25, 0.3) is 0 Å². The molecule has 23 heavy (non-hydrogen) atoms. The number of hydrogen-bond donors (Lipinski definition) is 2. The molecule has 0 aromatic heterocycles. The van der Waals surface area contributed by atoms with Crippen molar-refractivity contribution in [2.75, 3.05) is 31.1 Å². The number of thioether (sulfide) groups is 1. The second-order valence-electron chi connectivity index (χ2n) is 6.70. The summed E-state index contributed by atoms with van der Waals surface area (Å²) >= 11 is 1.87. The Kier molecular flexibility index (Phi) is 5.62. The predicted molar refractivity (Wildman–Crippen MR) is 94.8 cm³/mol. The van der Waals surface area contributed by atoms with E-state index in [1.165, 1.54) is 18.4 Å². The van der Waals surface area contributed by atoms with Gasteiger partial charge < -0.3 is 10.4 Å². The highest BCUT2D eigenvalue weighted by Gasteiger charge is 2.29. The van der Waals surface area contributed by atoms with Crippen LogP contribution in [0.15, 0.2) is 24.3 Å². The molecule has 2 N–H and O–H groups in total. The predicted octanol–water partition coefficient (Wildman–Crippen LogP) is 2.27. The van der Waals surface area contributed by atoms with E-state index in [9.17, 15) is 9.90 Å². The molecule has 1 aromatic carbocycles. The molecule has 0 bridgehead atoms. The molecule has 126 valence electrons. The van der Waals surface area contributed by atoms with E-state index in [4.69, 9.17) is 0 Å². The number of likely N-dealkylation sites (tertiary alicyclic amines) is 1. The Morgan fingerprint density at radius 2 is 2.00 bits per heavy atom. The monoisotopic (exact) mass is 334 g/mol. The van der Waals surface area contributed by atoms with Crippen LogP contribution in [0.5, 0.6) is 0 Å². The molecular formula is C18H26N2O2S. The largest absolute Gasteiger partial charge is 0.388 e. The van der Waals surface area contributed by atoms with Gasteiger partial charge in [0.1, 0.15) is 0 Å². The number of nitrogens with one attached hydrogen (secondary N) is 1. The van der Waals surface area contributed by atoms with Crippen molar-refractivity contribution in [3.05, 3.63) is 35.4 Å². The maximum atomic E-state index is 12.4. The third kappa shape index (κ3) is 4.72. The molecule has 0 atom stereocenters.